The predicted molar refractivity (Wildman–Crippen MR) is 162 cm³/mol. The van der Waals surface area contributed by atoms with E-state index in [9.17, 15) is 14.4 Å². The molecule has 6 fully saturated rings. The third-order valence-electron chi connectivity index (χ3n) is 10.7. The van der Waals surface area contributed by atoms with Crippen molar-refractivity contribution in [3.63, 3.8) is 0 Å². The van der Waals surface area contributed by atoms with Gasteiger partial charge in [-0.15, -0.1) is 11.3 Å². The number of fused-ring (bicyclic) bond motifs is 1. The molecule has 4 saturated carbocycles. The molecule has 0 spiro atoms. The van der Waals surface area contributed by atoms with Crippen LogP contribution in [0.5, 0.6) is 0 Å². The lowest BCUT2D eigenvalue weighted by atomic mass is 9.49. The quantitative estimate of drug-likeness (QED) is 0.524. The van der Waals surface area contributed by atoms with Gasteiger partial charge in [-0.2, -0.15) is 0 Å². The summed E-state index contributed by atoms with van der Waals surface area (Å²) in [5.74, 6) is 2.87. The van der Waals surface area contributed by atoms with E-state index in [1.807, 2.05) is 36.1 Å². The molecule has 0 radical (unpaired) electrons. The zero-order valence-electron chi connectivity index (χ0n) is 24.2. The molecule has 1 aromatic heterocycles. The maximum atomic E-state index is 13.8. The topological polar surface area (TPSA) is 85.0 Å². The Morgan fingerprint density at radius 3 is 2.15 bits per heavy atom. The third kappa shape index (κ3) is 5.03. The lowest BCUT2D eigenvalue weighted by Crippen LogP contribution is -2.58. The number of amides is 4. The minimum Gasteiger partial charge on any atom is -0.342 e. The van der Waals surface area contributed by atoms with Crippen LogP contribution < -0.4 is 10.6 Å². The van der Waals surface area contributed by atoms with Gasteiger partial charge in [0, 0.05) is 61.9 Å². The molecule has 4 aliphatic carbocycles. The summed E-state index contributed by atoms with van der Waals surface area (Å²) in [6, 6.07) is 8.06. The number of benzene rings is 1. The van der Waals surface area contributed by atoms with Crippen LogP contribution in [0.15, 0.2) is 24.3 Å². The lowest BCUT2D eigenvalue weighted by Gasteiger charge is -2.57. The fourth-order valence-electron chi connectivity index (χ4n) is 9.24. The van der Waals surface area contributed by atoms with E-state index < -0.39 is 0 Å². The summed E-state index contributed by atoms with van der Waals surface area (Å²) >= 11 is 1.45. The average Bonchev–Trinajstić information content (AvgIpc) is 3.33. The van der Waals surface area contributed by atoms with Crippen molar-refractivity contribution in [3.05, 3.63) is 29.8 Å². The second-order valence-corrected chi connectivity index (χ2v) is 14.4. The molecule has 6 aliphatic rings. The molecule has 2 aliphatic heterocycles. The second-order valence-electron chi connectivity index (χ2n) is 13.3. The van der Waals surface area contributed by atoms with Crippen LogP contribution in [-0.4, -0.2) is 84.4 Å². The van der Waals surface area contributed by atoms with Crippen molar-refractivity contribution in [1.82, 2.24) is 20.0 Å². The van der Waals surface area contributed by atoms with Crippen LogP contribution in [0.25, 0.3) is 10.1 Å². The Morgan fingerprint density at radius 2 is 1.51 bits per heavy atom. The smallest absolute Gasteiger partial charge is 0.319 e. The van der Waals surface area contributed by atoms with E-state index in [0.29, 0.717) is 42.1 Å². The van der Waals surface area contributed by atoms with E-state index in [0.717, 1.165) is 86.1 Å². The van der Waals surface area contributed by atoms with Gasteiger partial charge in [-0.25, -0.2) is 4.79 Å². The molecule has 9 heteroatoms. The number of piperidine rings is 1. The molecule has 0 unspecified atom stereocenters. The van der Waals surface area contributed by atoms with Crippen LogP contribution in [-0.2, 0) is 4.79 Å². The first kappa shape index (κ1) is 27.2. The van der Waals surface area contributed by atoms with Crippen LogP contribution in [0.2, 0.25) is 0 Å². The van der Waals surface area contributed by atoms with Crippen LogP contribution in [0.3, 0.4) is 0 Å². The highest BCUT2D eigenvalue weighted by Crippen LogP contribution is 2.60. The second kappa shape index (κ2) is 10.9. The number of hydrogen-bond donors (Lipinski definition) is 2. The number of nitrogens with zero attached hydrogens (tertiary/aromatic N) is 3. The summed E-state index contributed by atoms with van der Waals surface area (Å²) in [5, 5.41) is 7.19. The first-order valence-corrected chi connectivity index (χ1v) is 16.6. The van der Waals surface area contributed by atoms with E-state index >= 15 is 0 Å². The number of nitrogens with one attached hydrogen (secondary N) is 2. The van der Waals surface area contributed by atoms with Crippen molar-refractivity contribution in [2.75, 3.05) is 51.1 Å². The van der Waals surface area contributed by atoms with Gasteiger partial charge in [-0.05, 0) is 82.1 Å². The molecule has 0 atom stereocenters. The van der Waals surface area contributed by atoms with Gasteiger partial charge in [-0.1, -0.05) is 18.2 Å². The number of carbonyl (C=O) groups is 3. The average molecular weight is 578 g/mol. The molecule has 4 amide bonds. The van der Waals surface area contributed by atoms with Gasteiger partial charge >= 0.3 is 6.03 Å². The van der Waals surface area contributed by atoms with Crippen molar-refractivity contribution in [1.29, 1.82) is 0 Å². The Bertz CT molecular complexity index is 1290. The molecule has 4 bridgehead atoms. The van der Waals surface area contributed by atoms with E-state index in [2.05, 4.69) is 20.4 Å². The first-order valence-electron chi connectivity index (χ1n) is 15.8. The van der Waals surface area contributed by atoms with Crippen molar-refractivity contribution in [3.8, 4) is 0 Å². The molecule has 1 aromatic carbocycles. The monoisotopic (exact) mass is 577 g/mol. The van der Waals surface area contributed by atoms with Crippen LogP contribution in [0, 0.1) is 23.2 Å². The molecular weight excluding hydrogens is 534 g/mol. The first-order chi connectivity index (χ1) is 19.9. The highest BCUT2D eigenvalue weighted by molar-refractivity contribution is 7.23. The van der Waals surface area contributed by atoms with Crippen molar-refractivity contribution in [2.24, 2.45) is 23.2 Å². The van der Waals surface area contributed by atoms with Crippen LogP contribution in [0.1, 0.15) is 68.6 Å². The third-order valence-corrected chi connectivity index (χ3v) is 11.8. The van der Waals surface area contributed by atoms with Crippen molar-refractivity contribution in [2.45, 2.75) is 64.3 Å². The van der Waals surface area contributed by atoms with Gasteiger partial charge < -0.3 is 15.1 Å². The Balaban J connectivity index is 0.958. The summed E-state index contributed by atoms with van der Waals surface area (Å²) in [6.45, 7) is 7.20. The minimum absolute atomic E-state index is 0.00936. The van der Waals surface area contributed by atoms with Gasteiger partial charge in [0.05, 0.1) is 11.0 Å². The Labute approximate surface area is 246 Å². The SMILES string of the molecule is CCNC(=O)Nc1sc2ccccc2c1C(=O)N1CCN(C2CCN(C(=O)C34CC5CC(CC(C5)C3)C4)CC2)CC1. The Kier molecular flexibility index (Phi) is 7.22. The van der Waals surface area contributed by atoms with Crippen molar-refractivity contribution >= 4 is 44.3 Å². The number of piperazine rings is 1. The van der Waals surface area contributed by atoms with Gasteiger partial charge in [0.25, 0.3) is 5.91 Å². The number of carbonyl (C=O) groups excluding carboxylic acids is 3. The van der Waals surface area contributed by atoms with E-state index in [1.54, 1.807) is 0 Å². The molecule has 3 heterocycles. The number of rotatable bonds is 5. The number of anilines is 1. The van der Waals surface area contributed by atoms with E-state index in [-0.39, 0.29) is 17.4 Å². The molecular formula is C32H43N5O3S. The van der Waals surface area contributed by atoms with Crippen LogP contribution in [0.4, 0.5) is 9.80 Å². The summed E-state index contributed by atoms with van der Waals surface area (Å²) < 4.78 is 0.996. The number of thiophene rings is 1. The van der Waals surface area contributed by atoms with Gasteiger partial charge in [-0.3, -0.25) is 19.8 Å². The van der Waals surface area contributed by atoms with Crippen molar-refractivity contribution < 1.29 is 14.4 Å². The summed E-state index contributed by atoms with van der Waals surface area (Å²) in [4.78, 5) is 46.6. The normalized spacial score (nSPS) is 30.1. The zero-order chi connectivity index (χ0) is 28.1. The predicted octanol–water partition coefficient (Wildman–Crippen LogP) is 5.01. The standard InChI is InChI=1S/C32H43N5O3S/c1-2-33-31(40)34-28-27(25-5-3-4-6-26(25)41-28)29(38)36-13-11-35(12-14-36)24-7-9-37(10-8-24)30(39)32-18-21-15-22(19-32)17-23(16-21)20-32/h3-6,21-24H,2,7-20H2,1H3,(H2,33,34,40). The number of urea groups is 1. The highest BCUT2D eigenvalue weighted by atomic mass is 32.1. The lowest BCUT2D eigenvalue weighted by molar-refractivity contribution is -0.159. The Morgan fingerprint density at radius 1 is 0.878 bits per heavy atom. The zero-order valence-corrected chi connectivity index (χ0v) is 25.0. The van der Waals surface area contributed by atoms with Gasteiger partial charge in [0.1, 0.15) is 5.00 Å². The minimum atomic E-state index is -0.286. The molecule has 2 aromatic rings. The maximum Gasteiger partial charge on any atom is 0.319 e. The summed E-state index contributed by atoms with van der Waals surface area (Å²) in [5.41, 5.74) is 0.562. The van der Waals surface area contributed by atoms with Gasteiger partial charge in [0.15, 0.2) is 0 Å². The molecule has 2 N–H and O–H groups in total. The number of likely N-dealkylation sites (tertiary alicyclic amines) is 1. The van der Waals surface area contributed by atoms with Crippen LogP contribution >= 0.6 is 11.3 Å². The highest BCUT2D eigenvalue weighted by Gasteiger charge is 2.55. The summed E-state index contributed by atoms with van der Waals surface area (Å²) in [7, 11) is 0. The fraction of sp³-hybridized carbons (Fsp3) is 0.656. The molecule has 2 saturated heterocycles. The molecule has 41 heavy (non-hydrogen) atoms. The van der Waals surface area contributed by atoms with E-state index in [4.69, 9.17) is 0 Å². The fourth-order valence-corrected chi connectivity index (χ4v) is 10.3. The number of hydrogen-bond acceptors (Lipinski definition) is 5. The summed E-state index contributed by atoms with van der Waals surface area (Å²) in [6.07, 6.45) is 9.62. The molecule has 8 rings (SSSR count). The van der Waals surface area contributed by atoms with Gasteiger partial charge in [0.2, 0.25) is 5.91 Å². The maximum absolute atomic E-state index is 13.8. The molecule has 220 valence electrons. The Hall–Kier alpha value is -2.65. The molecule has 8 nitrogen and oxygen atoms in total. The largest absolute Gasteiger partial charge is 0.342 e. The van der Waals surface area contributed by atoms with E-state index in [1.165, 1.54) is 30.6 Å².